The molecule has 104 valence electrons. The van der Waals surface area contributed by atoms with Crippen LogP contribution in [-0.4, -0.2) is 36.2 Å². The summed E-state index contributed by atoms with van der Waals surface area (Å²) in [5.74, 6) is 1.17. The van der Waals surface area contributed by atoms with Gasteiger partial charge in [-0.15, -0.1) is 11.8 Å². The molecule has 19 heavy (non-hydrogen) atoms. The third kappa shape index (κ3) is 4.21. The lowest BCUT2D eigenvalue weighted by Gasteiger charge is -2.16. The van der Waals surface area contributed by atoms with Crippen molar-refractivity contribution < 1.29 is 9.18 Å². The van der Waals surface area contributed by atoms with Gasteiger partial charge >= 0.3 is 0 Å². The highest BCUT2D eigenvalue weighted by Crippen LogP contribution is 2.21. The van der Waals surface area contributed by atoms with Crippen LogP contribution in [0.15, 0.2) is 29.2 Å². The zero-order valence-electron chi connectivity index (χ0n) is 10.8. The van der Waals surface area contributed by atoms with E-state index in [1.807, 2.05) is 4.90 Å². The molecule has 0 aromatic heterocycles. The Morgan fingerprint density at radius 1 is 1.42 bits per heavy atom. The van der Waals surface area contributed by atoms with Crippen LogP contribution in [0.1, 0.15) is 12.8 Å². The third-order valence-electron chi connectivity index (χ3n) is 3.37. The Hall–Kier alpha value is -1.07. The minimum Gasteiger partial charge on any atom is -0.342 e. The molecular formula is C14H19FN2OS. The summed E-state index contributed by atoms with van der Waals surface area (Å²) in [6.45, 7) is 2.30. The molecule has 1 amide bonds. The zero-order chi connectivity index (χ0) is 13.7. The lowest BCUT2D eigenvalue weighted by Crippen LogP contribution is -2.30. The first-order valence-corrected chi connectivity index (χ1v) is 7.54. The molecule has 1 aromatic carbocycles. The van der Waals surface area contributed by atoms with Crippen molar-refractivity contribution in [3.63, 3.8) is 0 Å². The van der Waals surface area contributed by atoms with Crippen LogP contribution in [0.25, 0.3) is 0 Å². The van der Waals surface area contributed by atoms with Gasteiger partial charge in [-0.3, -0.25) is 4.79 Å². The number of carbonyl (C=O) groups excluding carboxylic acids is 1. The van der Waals surface area contributed by atoms with Gasteiger partial charge < -0.3 is 10.6 Å². The Kier molecular flexibility index (Phi) is 5.22. The van der Waals surface area contributed by atoms with E-state index in [1.54, 1.807) is 23.9 Å². The number of rotatable bonds is 5. The second-order valence-electron chi connectivity index (χ2n) is 4.78. The van der Waals surface area contributed by atoms with E-state index in [9.17, 15) is 9.18 Å². The third-order valence-corrected chi connectivity index (χ3v) is 4.38. The predicted molar refractivity (Wildman–Crippen MR) is 75.5 cm³/mol. The molecule has 0 spiro atoms. The van der Waals surface area contributed by atoms with Crippen molar-refractivity contribution in [3.8, 4) is 0 Å². The smallest absolute Gasteiger partial charge is 0.223 e. The Morgan fingerprint density at radius 2 is 2.16 bits per heavy atom. The van der Waals surface area contributed by atoms with Crippen molar-refractivity contribution in [2.45, 2.75) is 17.7 Å². The lowest BCUT2D eigenvalue weighted by atomic mass is 10.1. The zero-order valence-corrected chi connectivity index (χ0v) is 11.7. The molecule has 0 aliphatic carbocycles. The highest BCUT2D eigenvalue weighted by atomic mass is 32.2. The maximum Gasteiger partial charge on any atom is 0.223 e. The maximum atomic E-state index is 12.7. The number of carbonyl (C=O) groups is 1. The molecule has 1 aromatic rings. The topological polar surface area (TPSA) is 46.3 Å². The fourth-order valence-corrected chi connectivity index (χ4v) is 3.04. The average molecular weight is 282 g/mol. The van der Waals surface area contributed by atoms with Gasteiger partial charge in [0.1, 0.15) is 5.82 Å². The summed E-state index contributed by atoms with van der Waals surface area (Å²) in [6.07, 6.45) is 1.55. The van der Waals surface area contributed by atoms with Gasteiger partial charge in [0, 0.05) is 30.2 Å². The van der Waals surface area contributed by atoms with Gasteiger partial charge in [-0.1, -0.05) is 0 Å². The molecule has 2 N–H and O–H groups in total. The first kappa shape index (κ1) is 14.3. The molecule has 1 aliphatic heterocycles. The molecule has 0 bridgehead atoms. The van der Waals surface area contributed by atoms with Crippen LogP contribution in [0.5, 0.6) is 0 Å². The molecular weight excluding hydrogens is 263 g/mol. The summed E-state index contributed by atoms with van der Waals surface area (Å²) < 4.78 is 12.7. The summed E-state index contributed by atoms with van der Waals surface area (Å²) in [4.78, 5) is 14.9. The SMILES string of the molecule is NCC1CCN(C(=O)CCSc2ccc(F)cc2)C1. The Balaban J connectivity index is 1.71. The minimum atomic E-state index is -0.231. The van der Waals surface area contributed by atoms with Crippen LogP contribution in [-0.2, 0) is 4.79 Å². The van der Waals surface area contributed by atoms with Crippen molar-refractivity contribution in [2.24, 2.45) is 11.7 Å². The first-order chi connectivity index (χ1) is 9.19. The number of nitrogens with zero attached hydrogens (tertiary/aromatic N) is 1. The molecule has 1 aliphatic rings. The van der Waals surface area contributed by atoms with Crippen LogP contribution in [0.4, 0.5) is 4.39 Å². The summed E-state index contributed by atoms with van der Waals surface area (Å²) >= 11 is 1.58. The van der Waals surface area contributed by atoms with Gasteiger partial charge in [-0.2, -0.15) is 0 Å². The number of nitrogens with two attached hydrogens (primary N) is 1. The molecule has 0 radical (unpaired) electrons. The van der Waals surface area contributed by atoms with E-state index in [0.29, 0.717) is 18.9 Å². The Labute approximate surface area is 117 Å². The highest BCUT2D eigenvalue weighted by Gasteiger charge is 2.24. The van der Waals surface area contributed by atoms with E-state index in [0.717, 1.165) is 30.2 Å². The predicted octanol–water partition coefficient (Wildman–Crippen LogP) is 2.12. The van der Waals surface area contributed by atoms with Gasteiger partial charge in [-0.05, 0) is 43.1 Å². The summed E-state index contributed by atoms with van der Waals surface area (Å²) in [7, 11) is 0. The molecule has 5 heteroatoms. The second-order valence-corrected chi connectivity index (χ2v) is 5.95. The van der Waals surface area contributed by atoms with Crippen LogP contribution in [0.2, 0.25) is 0 Å². The van der Waals surface area contributed by atoms with E-state index in [4.69, 9.17) is 5.73 Å². The monoisotopic (exact) mass is 282 g/mol. The average Bonchev–Trinajstić information content (AvgIpc) is 2.90. The van der Waals surface area contributed by atoms with E-state index >= 15 is 0 Å². The molecule has 3 nitrogen and oxygen atoms in total. The van der Waals surface area contributed by atoms with Crippen molar-refractivity contribution in [2.75, 3.05) is 25.4 Å². The normalized spacial score (nSPS) is 18.8. The number of amides is 1. The number of halogens is 1. The van der Waals surface area contributed by atoms with Crippen molar-refractivity contribution >= 4 is 17.7 Å². The van der Waals surface area contributed by atoms with Gasteiger partial charge in [0.25, 0.3) is 0 Å². The lowest BCUT2D eigenvalue weighted by molar-refractivity contribution is -0.129. The largest absolute Gasteiger partial charge is 0.342 e. The van der Waals surface area contributed by atoms with Gasteiger partial charge in [0.05, 0.1) is 0 Å². The van der Waals surface area contributed by atoms with Gasteiger partial charge in [0.15, 0.2) is 0 Å². The van der Waals surface area contributed by atoms with E-state index in [1.165, 1.54) is 12.1 Å². The van der Waals surface area contributed by atoms with E-state index in [-0.39, 0.29) is 11.7 Å². The first-order valence-electron chi connectivity index (χ1n) is 6.55. The van der Waals surface area contributed by atoms with Crippen molar-refractivity contribution in [1.29, 1.82) is 0 Å². The molecule has 1 fully saturated rings. The van der Waals surface area contributed by atoms with E-state index < -0.39 is 0 Å². The summed E-state index contributed by atoms with van der Waals surface area (Å²) in [5, 5.41) is 0. The molecule has 1 atom stereocenters. The number of benzene rings is 1. The molecule has 1 unspecified atom stereocenters. The quantitative estimate of drug-likeness (QED) is 0.841. The maximum absolute atomic E-state index is 12.7. The number of hydrogen-bond acceptors (Lipinski definition) is 3. The van der Waals surface area contributed by atoms with E-state index in [2.05, 4.69) is 0 Å². The van der Waals surface area contributed by atoms with Gasteiger partial charge in [-0.25, -0.2) is 4.39 Å². The van der Waals surface area contributed by atoms with Crippen LogP contribution in [0, 0.1) is 11.7 Å². The van der Waals surface area contributed by atoms with Gasteiger partial charge in [0.2, 0.25) is 5.91 Å². The number of thioether (sulfide) groups is 1. The summed E-state index contributed by atoms with van der Waals surface area (Å²) in [6, 6.07) is 6.36. The Bertz CT molecular complexity index is 424. The van der Waals surface area contributed by atoms with Crippen LogP contribution < -0.4 is 5.73 Å². The fourth-order valence-electron chi connectivity index (χ4n) is 2.20. The van der Waals surface area contributed by atoms with Crippen molar-refractivity contribution in [3.05, 3.63) is 30.1 Å². The molecule has 1 saturated heterocycles. The minimum absolute atomic E-state index is 0.200. The molecule has 2 rings (SSSR count). The van der Waals surface area contributed by atoms with Crippen LogP contribution >= 0.6 is 11.8 Å². The summed E-state index contributed by atoms with van der Waals surface area (Å²) in [5.41, 5.74) is 5.61. The standard InChI is InChI=1S/C14H19FN2OS/c15-12-1-3-13(4-2-12)19-8-6-14(18)17-7-5-11(9-16)10-17/h1-4,11H,5-10,16H2. The number of hydrogen-bond donors (Lipinski definition) is 1. The molecule has 1 heterocycles. The molecule has 0 saturated carbocycles. The second kappa shape index (κ2) is 6.91. The number of likely N-dealkylation sites (tertiary alicyclic amines) is 1. The van der Waals surface area contributed by atoms with Crippen LogP contribution in [0.3, 0.4) is 0 Å². The highest BCUT2D eigenvalue weighted by molar-refractivity contribution is 7.99. The fraction of sp³-hybridized carbons (Fsp3) is 0.500. The van der Waals surface area contributed by atoms with Crippen molar-refractivity contribution in [1.82, 2.24) is 4.90 Å². The Morgan fingerprint density at radius 3 is 2.79 bits per heavy atom.